The lowest BCUT2D eigenvalue weighted by atomic mass is 10.1. The molecule has 0 unspecified atom stereocenters. The van der Waals surface area contributed by atoms with Crippen LogP contribution in [0.2, 0.25) is 0 Å². The minimum absolute atomic E-state index is 0.0358. The fourth-order valence-corrected chi connectivity index (χ4v) is 3.13. The molecule has 0 radical (unpaired) electrons. The number of carbonyl (C=O) groups is 1. The number of rotatable bonds is 8. The van der Waals surface area contributed by atoms with E-state index in [0.717, 1.165) is 16.9 Å². The number of aromatic nitrogens is 2. The van der Waals surface area contributed by atoms with Gasteiger partial charge in [0.05, 0.1) is 11.4 Å². The lowest BCUT2D eigenvalue weighted by molar-refractivity contribution is -0.121. The average Bonchev–Trinajstić information content (AvgIpc) is 3.05. The van der Waals surface area contributed by atoms with Gasteiger partial charge in [-0.2, -0.15) is 5.10 Å². The van der Waals surface area contributed by atoms with Gasteiger partial charge < -0.3 is 10.1 Å². The smallest absolute Gasteiger partial charge is 0.226 e. The van der Waals surface area contributed by atoms with Crippen molar-refractivity contribution in [1.82, 2.24) is 15.1 Å². The highest BCUT2D eigenvalue weighted by Gasteiger charge is 2.22. The molecular formula is C23H26FN3O2. The minimum Gasteiger partial charge on any atom is -0.436 e. The second-order valence-electron chi connectivity index (χ2n) is 7.09. The first-order valence-electron chi connectivity index (χ1n) is 9.87. The van der Waals surface area contributed by atoms with Crippen molar-refractivity contribution in [2.24, 2.45) is 0 Å². The summed E-state index contributed by atoms with van der Waals surface area (Å²) in [5.41, 5.74) is 2.46. The van der Waals surface area contributed by atoms with Crippen LogP contribution in [-0.2, 0) is 17.6 Å². The number of nitrogens with one attached hydrogen (secondary N) is 1. The molecule has 0 aliphatic heterocycles. The molecule has 3 rings (SSSR count). The normalized spacial score (nSPS) is 10.9. The highest BCUT2D eigenvalue weighted by molar-refractivity contribution is 5.76. The van der Waals surface area contributed by atoms with Crippen molar-refractivity contribution in [3.63, 3.8) is 0 Å². The Morgan fingerprint density at radius 2 is 1.83 bits per heavy atom. The van der Waals surface area contributed by atoms with Crippen LogP contribution in [0.3, 0.4) is 0 Å². The molecule has 152 valence electrons. The van der Waals surface area contributed by atoms with Crippen molar-refractivity contribution in [2.45, 2.75) is 46.1 Å². The molecule has 0 bridgehead atoms. The second-order valence-corrected chi connectivity index (χ2v) is 7.09. The van der Waals surface area contributed by atoms with Crippen molar-refractivity contribution in [2.75, 3.05) is 0 Å². The van der Waals surface area contributed by atoms with Crippen molar-refractivity contribution < 1.29 is 13.9 Å². The monoisotopic (exact) mass is 395 g/mol. The van der Waals surface area contributed by atoms with E-state index in [1.165, 1.54) is 6.07 Å². The van der Waals surface area contributed by atoms with E-state index in [4.69, 9.17) is 9.84 Å². The summed E-state index contributed by atoms with van der Waals surface area (Å²) < 4.78 is 22.0. The molecular weight excluding hydrogens is 369 g/mol. The molecule has 29 heavy (non-hydrogen) atoms. The number of hydrogen-bond donors (Lipinski definition) is 1. The molecule has 0 spiro atoms. The van der Waals surface area contributed by atoms with E-state index >= 15 is 0 Å². The van der Waals surface area contributed by atoms with Gasteiger partial charge in [-0.1, -0.05) is 37.3 Å². The minimum atomic E-state index is -0.449. The van der Waals surface area contributed by atoms with Crippen LogP contribution in [0, 0.1) is 5.82 Å². The van der Waals surface area contributed by atoms with Gasteiger partial charge in [0.25, 0.3) is 0 Å². The molecule has 3 aromatic rings. The third kappa shape index (κ3) is 5.02. The zero-order valence-corrected chi connectivity index (χ0v) is 17.0. The van der Waals surface area contributed by atoms with Crippen LogP contribution in [0.1, 0.15) is 38.4 Å². The predicted octanol–water partition coefficient (Wildman–Crippen LogP) is 4.82. The van der Waals surface area contributed by atoms with Gasteiger partial charge in [-0.3, -0.25) is 4.79 Å². The molecule has 0 saturated carbocycles. The summed E-state index contributed by atoms with van der Waals surface area (Å²) in [7, 11) is 0. The van der Waals surface area contributed by atoms with Crippen molar-refractivity contribution in [3.05, 3.63) is 71.7 Å². The second kappa shape index (κ2) is 9.37. The molecule has 2 aromatic carbocycles. The Balaban J connectivity index is 2.02. The number of hydrogen-bond acceptors (Lipinski definition) is 3. The fraction of sp³-hybridized carbons (Fsp3) is 0.304. The third-order valence-corrected chi connectivity index (χ3v) is 4.45. The first kappa shape index (κ1) is 20.6. The Hall–Kier alpha value is -3.15. The summed E-state index contributed by atoms with van der Waals surface area (Å²) in [5.74, 6) is 0.0804. The van der Waals surface area contributed by atoms with Gasteiger partial charge in [0.15, 0.2) is 11.6 Å². The highest BCUT2D eigenvalue weighted by Crippen LogP contribution is 2.33. The molecule has 5 nitrogen and oxygen atoms in total. The van der Waals surface area contributed by atoms with Gasteiger partial charge in [0.2, 0.25) is 11.8 Å². The van der Waals surface area contributed by atoms with Gasteiger partial charge in [0, 0.05) is 18.0 Å². The van der Waals surface area contributed by atoms with Crippen molar-refractivity contribution in [1.29, 1.82) is 0 Å². The van der Waals surface area contributed by atoms with E-state index in [0.29, 0.717) is 25.1 Å². The number of carbonyl (C=O) groups excluding carboxylic acids is 1. The Morgan fingerprint density at radius 3 is 2.48 bits per heavy atom. The van der Waals surface area contributed by atoms with Crippen molar-refractivity contribution in [3.8, 4) is 17.3 Å². The van der Waals surface area contributed by atoms with Crippen LogP contribution in [-0.4, -0.2) is 21.7 Å². The fourth-order valence-electron chi connectivity index (χ4n) is 3.13. The summed E-state index contributed by atoms with van der Waals surface area (Å²) in [4.78, 5) is 12.2. The number of aryl methyl sites for hydroxylation is 1. The highest BCUT2D eigenvalue weighted by atomic mass is 19.1. The van der Waals surface area contributed by atoms with E-state index in [9.17, 15) is 9.18 Å². The molecule has 1 N–H and O–H groups in total. The Morgan fingerprint density at radius 1 is 1.14 bits per heavy atom. The van der Waals surface area contributed by atoms with Crippen LogP contribution in [0.15, 0.2) is 54.6 Å². The molecule has 0 saturated heterocycles. The topological polar surface area (TPSA) is 56.2 Å². The van der Waals surface area contributed by atoms with Gasteiger partial charge in [-0.15, -0.1) is 0 Å². The van der Waals surface area contributed by atoms with E-state index in [1.54, 1.807) is 22.9 Å². The van der Waals surface area contributed by atoms with Crippen LogP contribution in [0.25, 0.3) is 5.69 Å². The summed E-state index contributed by atoms with van der Waals surface area (Å²) in [6, 6.07) is 15.9. The molecule has 0 aliphatic carbocycles. The van der Waals surface area contributed by atoms with Gasteiger partial charge in [0.1, 0.15) is 0 Å². The largest absolute Gasteiger partial charge is 0.436 e. The van der Waals surface area contributed by atoms with E-state index in [2.05, 4.69) is 5.32 Å². The number of nitrogens with zero attached hydrogens (tertiary/aromatic N) is 2. The third-order valence-electron chi connectivity index (χ3n) is 4.45. The summed E-state index contributed by atoms with van der Waals surface area (Å²) in [6.45, 7) is 5.85. The zero-order valence-electron chi connectivity index (χ0n) is 17.0. The predicted molar refractivity (Wildman–Crippen MR) is 111 cm³/mol. The number of amides is 1. The molecule has 0 atom stereocenters. The lowest BCUT2D eigenvalue weighted by Crippen LogP contribution is -2.30. The quantitative estimate of drug-likeness (QED) is 0.595. The lowest BCUT2D eigenvalue weighted by Gasteiger charge is -2.12. The van der Waals surface area contributed by atoms with Crippen LogP contribution in [0.4, 0.5) is 4.39 Å². The molecule has 0 fully saturated rings. The molecule has 6 heteroatoms. The number of halogens is 1. The van der Waals surface area contributed by atoms with E-state index in [-0.39, 0.29) is 17.7 Å². The first-order valence-corrected chi connectivity index (χ1v) is 9.87. The summed E-state index contributed by atoms with van der Waals surface area (Å²) >= 11 is 0. The molecule has 1 aromatic heterocycles. The Kier molecular flexibility index (Phi) is 6.65. The SMILES string of the molecule is CCc1nn(-c2ccccc2)c(Oc2ccccc2F)c1CCC(=O)NC(C)C. The van der Waals surface area contributed by atoms with Gasteiger partial charge in [-0.05, 0) is 51.0 Å². The molecule has 1 heterocycles. The summed E-state index contributed by atoms with van der Waals surface area (Å²) in [5, 5.41) is 7.60. The Labute approximate surface area is 170 Å². The molecule has 0 aliphatic rings. The van der Waals surface area contributed by atoms with E-state index in [1.807, 2.05) is 51.1 Å². The average molecular weight is 395 g/mol. The van der Waals surface area contributed by atoms with Crippen LogP contribution < -0.4 is 10.1 Å². The number of para-hydroxylation sites is 2. The van der Waals surface area contributed by atoms with Gasteiger partial charge in [-0.25, -0.2) is 9.07 Å². The number of ether oxygens (including phenoxy) is 1. The van der Waals surface area contributed by atoms with Crippen molar-refractivity contribution >= 4 is 5.91 Å². The van der Waals surface area contributed by atoms with Gasteiger partial charge >= 0.3 is 0 Å². The standard InChI is InChI=1S/C23H26FN3O2/c1-4-20-18(14-15-22(28)25-16(2)3)23(29-21-13-9-8-12-19(21)24)27(26-20)17-10-6-5-7-11-17/h5-13,16H,4,14-15H2,1-3H3,(H,25,28). The van der Waals surface area contributed by atoms with E-state index < -0.39 is 5.82 Å². The first-order chi connectivity index (χ1) is 14.0. The maximum atomic E-state index is 14.3. The Bertz CT molecular complexity index is 968. The summed E-state index contributed by atoms with van der Waals surface area (Å²) in [6.07, 6.45) is 1.44. The number of benzene rings is 2. The zero-order chi connectivity index (χ0) is 20.8. The maximum absolute atomic E-state index is 14.3. The van der Waals surface area contributed by atoms with Crippen LogP contribution >= 0.6 is 0 Å². The maximum Gasteiger partial charge on any atom is 0.226 e. The molecule has 1 amide bonds. The van der Waals surface area contributed by atoms with Crippen LogP contribution in [0.5, 0.6) is 11.6 Å².